The van der Waals surface area contributed by atoms with Crippen molar-refractivity contribution in [1.29, 1.82) is 0 Å². The molecule has 5 heteroatoms. The van der Waals surface area contributed by atoms with Gasteiger partial charge >= 0.3 is 0 Å². The van der Waals surface area contributed by atoms with Crippen LogP contribution in [0.1, 0.15) is 29.2 Å². The molecule has 0 saturated carbocycles. The summed E-state index contributed by atoms with van der Waals surface area (Å²) in [6, 6.07) is 13.8. The topological polar surface area (TPSA) is 53.9 Å². The highest BCUT2D eigenvalue weighted by Gasteiger charge is 2.26. The first-order chi connectivity index (χ1) is 13.2. The lowest BCUT2D eigenvalue weighted by Gasteiger charge is -2.26. The van der Waals surface area contributed by atoms with E-state index in [4.69, 9.17) is 0 Å². The quantitative estimate of drug-likeness (QED) is 0.771. The predicted octanol–water partition coefficient (Wildman–Crippen LogP) is 2.11. The van der Waals surface area contributed by atoms with Gasteiger partial charge in [0.15, 0.2) is 6.04 Å². The normalized spacial score (nSPS) is 12.9. The second-order valence-electron chi connectivity index (χ2n) is 7.78. The van der Waals surface area contributed by atoms with Crippen molar-refractivity contribution in [1.82, 2.24) is 4.90 Å². The Bertz CT molecular complexity index is 830. The molecule has 0 fully saturated rings. The molecule has 0 heterocycles. The maximum absolute atomic E-state index is 12.8. The minimum Gasteiger partial charge on any atom is -0.331 e. The molecule has 0 aliphatic rings. The molecular formula is C23H32N3O2+. The van der Waals surface area contributed by atoms with Crippen LogP contribution in [-0.2, 0) is 16.1 Å². The largest absolute Gasteiger partial charge is 0.331 e. The average molecular weight is 383 g/mol. The van der Waals surface area contributed by atoms with E-state index >= 15 is 0 Å². The molecule has 150 valence electrons. The fourth-order valence-electron chi connectivity index (χ4n) is 3.17. The highest BCUT2D eigenvalue weighted by Crippen LogP contribution is 2.10. The molecule has 2 rings (SSSR count). The van der Waals surface area contributed by atoms with Crippen molar-refractivity contribution in [2.24, 2.45) is 0 Å². The first kappa shape index (κ1) is 21.6. The van der Waals surface area contributed by atoms with Gasteiger partial charge in [0.2, 0.25) is 5.91 Å². The number of aryl methyl sites for hydroxylation is 3. The summed E-state index contributed by atoms with van der Waals surface area (Å²) in [5.74, 6) is -0.236. The van der Waals surface area contributed by atoms with Crippen molar-refractivity contribution >= 4 is 17.5 Å². The van der Waals surface area contributed by atoms with E-state index in [1.54, 1.807) is 7.05 Å². The average Bonchev–Trinajstić information content (AvgIpc) is 2.64. The van der Waals surface area contributed by atoms with Gasteiger partial charge in [-0.2, -0.15) is 0 Å². The smallest absolute Gasteiger partial charge is 0.280 e. The Labute approximate surface area is 168 Å². The zero-order chi connectivity index (χ0) is 20.8. The molecule has 0 aromatic heterocycles. The number of hydrogen-bond acceptors (Lipinski definition) is 2. The highest BCUT2D eigenvalue weighted by molar-refractivity contribution is 5.94. The van der Waals surface area contributed by atoms with Crippen LogP contribution in [0.25, 0.3) is 0 Å². The number of amides is 2. The molecule has 1 unspecified atom stereocenters. The maximum Gasteiger partial charge on any atom is 0.280 e. The predicted molar refractivity (Wildman–Crippen MR) is 113 cm³/mol. The van der Waals surface area contributed by atoms with Crippen LogP contribution in [0.15, 0.2) is 42.5 Å². The third-order valence-corrected chi connectivity index (χ3v) is 5.17. The van der Waals surface area contributed by atoms with Gasteiger partial charge in [-0.1, -0.05) is 41.5 Å². The van der Waals surface area contributed by atoms with Gasteiger partial charge in [0.05, 0.1) is 13.6 Å². The van der Waals surface area contributed by atoms with Gasteiger partial charge in [-0.3, -0.25) is 9.59 Å². The summed E-state index contributed by atoms with van der Waals surface area (Å²) >= 11 is 0. The molecule has 2 amide bonds. The lowest BCUT2D eigenvalue weighted by atomic mass is 10.0. The van der Waals surface area contributed by atoms with Crippen molar-refractivity contribution in [2.75, 3.05) is 26.0 Å². The minimum atomic E-state index is -0.238. The SMILES string of the molecule is Cc1ccc(NC(=O)CN(C)C(=O)[C@H](C)[NH+](C)Cc2ccc(C)cc2C)cc1. The fourth-order valence-corrected chi connectivity index (χ4v) is 3.17. The summed E-state index contributed by atoms with van der Waals surface area (Å²) in [6.45, 7) is 8.89. The molecule has 2 atom stereocenters. The van der Waals surface area contributed by atoms with Gasteiger partial charge in [0.25, 0.3) is 5.91 Å². The zero-order valence-corrected chi connectivity index (χ0v) is 17.8. The monoisotopic (exact) mass is 382 g/mol. The van der Waals surface area contributed by atoms with Gasteiger partial charge in [-0.25, -0.2) is 0 Å². The molecule has 28 heavy (non-hydrogen) atoms. The Hall–Kier alpha value is -2.66. The van der Waals surface area contributed by atoms with Crippen LogP contribution in [0, 0.1) is 20.8 Å². The first-order valence-corrected chi connectivity index (χ1v) is 9.67. The van der Waals surface area contributed by atoms with Crippen molar-refractivity contribution in [3.8, 4) is 0 Å². The molecular weight excluding hydrogens is 350 g/mol. The van der Waals surface area contributed by atoms with Crippen molar-refractivity contribution in [3.05, 3.63) is 64.7 Å². The fraction of sp³-hybridized carbons (Fsp3) is 0.391. The van der Waals surface area contributed by atoms with Crippen LogP contribution < -0.4 is 10.2 Å². The van der Waals surface area contributed by atoms with Crippen molar-refractivity contribution in [2.45, 2.75) is 40.3 Å². The summed E-state index contributed by atoms with van der Waals surface area (Å²) in [4.78, 5) is 27.6. The van der Waals surface area contributed by atoms with Crippen LogP contribution in [0.4, 0.5) is 5.69 Å². The third kappa shape index (κ3) is 5.92. The van der Waals surface area contributed by atoms with Gasteiger partial charge in [0, 0.05) is 18.3 Å². The van der Waals surface area contributed by atoms with E-state index in [0.29, 0.717) is 0 Å². The lowest BCUT2D eigenvalue weighted by Crippen LogP contribution is -3.12. The summed E-state index contributed by atoms with van der Waals surface area (Å²) in [6.07, 6.45) is 0. The number of carbonyl (C=O) groups excluding carboxylic acids is 2. The van der Waals surface area contributed by atoms with E-state index in [2.05, 4.69) is 37.4 Å². The second-order valence-corrected chi connectivity index (χ2v) is 7.78. The van der Waals surface area contributed by atoms with Crippen LogP contribution in [0.3, 0.4) is 0 Å². The molecule has 2 aromatic rings. The van der Waals surface area contributed by atoms with Crippen molar-refractivity contribution in [3.63, 3.8) is 0 Å². The zero-order valence-electron chi connectivity index (χ0n) is 17.8. The third-order valence-electron chi connectivity index (χ3n) is 5.17. The van der Waals surface area contributed by atoms with E-state index in [1.165, 1.54) is 21.6 Å². The van der Waals surface area contributed by atoms with E-state index in [0.717, 1.165) is 22.7 Å². The first-order valence-electron chi connectivity index (χ1n) is 9.67. The van der Waals surface area contributed by atoms with E-state index in [1.807, 2.05) is 45.2 Å². The maximum atomic E-state index is 12.8. The summed E-state index contributed by atoms with van der Waals surface area (Å²) < 4.78 is 0. The summed E-state index contributed by atoms with van der Waals surface area (Å²) in [7, 11) is 3.69. The molecule has 2 aromatic carbocycles. The molecule has 0 radical (unpaired) electrons. The number of benzene rings is 2. The minimum absolute atomic E-state index is 0.0356. The highest BCUT2D eigenvalue weighted by atomic mass is 16.2. The molecule has 0 spiro atoms. The molecule has 2 N–H and O–H groups in total. The Morgan fingerprint density at radius 1 is 1.04 bits per heavy atom. The van der Waals surface area contributed by atoms with E-state index in [-0.39, 0.29) is 24.4 Å². The number of hydrogen-bond donors (Lipinski definition) is 2. The van der Waals surface area contributed by atoms with E-state index < -0.39 is 0 Å². The molecule has 0 aliphatic carbocycles. The Balaban J connectivity index is 1.91. The Morgan fingerprint density at radius 2 is 1.64 bits per heavy atom. The summed E-state index contributed by atoms with van der Waals surface area (Å²) in [5.41, 5.74) is 5.59. The Morgan fingerprint density at radius 3 is 2.25 bits per heavy atom. The van der Waals surface area contributed by atoms with Crippen molar-refractivity contribution < 1.29 is 14.5 Å². The van der Waals surface area contributed by atoms with Crippen LogP contribution >= 0.6 is 0 Å². The standard InChI is InChI=1S/C23H31N3O2/c1-16-8-11-21(12-9-16)24-22(27)15-26(6)23(28)19(4)25(5)14-20-10-7-17(2)13-18(20)3/h7-13,19H,14-15H2,1-6H3,(H,24,27)/p+1/t19-/m0/s1. The number of anilines is 1. The van der Waals surface area contributed by atoms with Gasteiger partial charge in [-0.05, 0) is 45.4 Å². The number of nitrogens with zero attached hydrogens (tertiary/aromatic N) is 1. The number of carbonyl (C=O) groups is 2. The van der Waals surface area contributed by atoms with E-state index in [9.17, 15) is 9.59 Å². The number of quaternary nitrogens is 1. The summed E-state index contributed by atoms with van der Waals surface area (Å²) in [5, 5.41) is 2.84. The van der Waals surface area contributed by atoms with Crippen LogP contribution in [-0.4, -0.2) is 43.4 Å². The van der Waals surface area contributed by atoms with Gasteiger partial charge in [-0.15, -0.1) is 0 Å². The second kappa shape index (κ2) is 9.51. The van der Waals surface area contributed by atoms with Gasteiger partial charge < -0.3 is 15.1 Å². The number of likely N-dealkylation sites (N-methyl/N-ethyl adjacent to an activating group) is 2. The van der Waals surface area contributed by atoms with Crippen LogP contribution in [0.5, 0.6) is 0 Å². The number of rotatable bonds is 7. The number of nitrogens with one attached hydrogen (secondary N) is 2. The molecule has 0 saturated heterocycles. The molecule has 5 nitrogen and oxygen atoms in total. The molecule has 0 bridgehead atoms. The Kier molecular flexibility index (Phi) is 7.35. The van der Waals surface area contributed by atoms with Gasteiger partial charge in [0.1, 0.15) is 6.54 Å². The van der Waals surface area contributed by atoms with Crippen LogP contribution in [0.2, 0.25) is 0 Å². The lowest BCUT2D eigenvalue weighted by molar-refractivity contribution is -0.908. The molecule has 0 aliphatic heterocycles.